The molecule has 0 unspecified atom stereocenters. The molecule has 0 aromatic heterocycles. The first kappa shape index (κ1) is 17.8. The van der Waals surface area contributed by atoms with Crippen LogP contribution in [0.5, 0.6) is 5.75 Å². The lowest BCUT2D eigenvalue weighted by Gasteiger charge is -2.37. The van der Waals surface area contributed by atoms with Gasteiger partial charge in [-0.1, -0.05) is 12.1 Å². The van der Waals surface area contributed by atoms with Crippen LogP contribution in [0.25, 0.3) is 0 Å². The van der Waals surface area contributed by atoms with Gasteiger partial charge >= 0.3 is 0 Å². The van der Waals surface area contributed by atoms with Gasteiger partial charge in [0.25, 0.3) is 0 Å². The lowest BCUT2D eigenvalue weighted by molar-refractivity contribution is 0.307. The second-order valence-corrected chi connectivity index (χ2v) is 9.73. The van der Waals surface area contributed by atoms with Crippen molar-refractivity contribution in [1.82, 2.24) is 4.31 Å². The highest BCUT2D eigenvalue weighted by Gasteiger charge is 2.44. The van der Waals surface area contributed by atoms with Crippen molar-refractivity contribution in [1.29, 1.82) is 0 Å². The molecule has 0 amide bonds. The van der Waals surface area contributed by atoms with Gasteiger partial charge in [-0.15, -0.1) is 0 Å². The van der Waals surface area contributed by atoms with Crippen molar-refractivity contribution < 1.29 is 26.0 Å². The summed E-state index contributed by atoms with van der Waals surface area (Å²) in [6.45, 7) is -0.305. The summed E-state index contributed by atoms with van der Waals surface area (Å²) in [5, 5.41) is -0.859. The molecule has 25 heavy (non-hydrogen) atoms. The molecule has 3 rings (SSSR count). The first-order valence-corrected chi connectivity index (χ1v) is 10.4. The molecule has 9 heteroatoms. The van der Waals surface area contributed by atoms with Crippen molar-refractivity contribution in [2.75, 3.05) is 20.2 Å². The van der Waals surface area contributed by atoms with E-state index in [1.165, 1.54) is 31.4 Å². The minimum absolute atomic E-state index is 0.00451. The molecule has 2 aromatic carbocycles. The third-order valence-electron chi connectivity index (χ3n) is 4.08. The molecular formula is C16H16FNO5S2. The summed E-state index contributed by atoms with van der Waals surface area (Å²) >= 11 is 0. The molecule has 0 saturated carbocycles. The van der Waals surface area contributed by atoms with Crippen LogP contribution < -0.4 is 4.74 Å². The van der Waals surface area contributed by atoms with Gasteiger partial charge in [-0.25, -0.2) is 21.2 Å². The Labute approximate surface area is 145 Å². The van der Waals surface area contributed by atoms with Crippen molar-refractivity contribution >= 4 is 19.9 Å². The zero-order chi connectivity index (χ0) is 18.2. The van der Waals surface area contributed by atoms with E-state index >= 15 is 0 Å². The molecule has 0 atom stereocenters. The molecule has 6 nitrogen and oxygen atoms in total. The predicted molar refractivity (Wildman–Crippen MR) is 89.1 cm³/mol. The van der Waals surface area contributed by atoms with E-state index in [-0.39, 0.29) is 28.6 Å². The van der Waals surface area contributed by atoms with Crippen molar-refractivity contribution in [3.63, 3.8) is 0 Å². The average Bonchev–Trinajstić information content (AvgIpc) is 2.53. The summed E-state index contributed by atoms with van der Waals surface area (Å²) in [5.74, 6) is -0.333. The van der Waals surface area contributed by atoms with E-state index in [1.54, 1.807) is 12.1 Å². The van der Waals surface area contributed by atoms with Gasteiger partial charge in [0.15, 0.2) is 9.84 Å². The van der Waals surface area contributed by atoms with Gasteiger partial charge < -0.3 is 4.74 Å². The second kappa shape index (κ2) is 6.40. The maximum atomic E-state index is 13.0. The highest BCUT2D eigenvalue weighted by molar-refractivity contribution is 7.92. The molecule has 1 saturated heterocycles. The fourth-order valence-corrected chi connectivity index (χ4v) is 6.11. The van der Waals surface area contributed by atoms with E-state index in [0.29, 0.717) is 0 Å². The SMILES string of the molecule is COc1ccccc1S(=O)(=O)N1CC(S(=O)(=O)c2ccc(F)cc2)C1. The standard InChI is InChI=1S/C16H16FNO5S2/c1-23-15-4-2-3-5-16(15)25(21,22)18-10-14(11-18)24(19,20)13-8-6-12(17)7-9-13/h2-9,14H,10-11H2,1H3. The summed E-state index contributed by atoms with van der Waals surface area (Å²) in [6.07, 6.45) is 0. The van der Waals surface area contributed by atoms with Crippen LogP contribution in [0.3, 0.4) is 0 Å². The number of rotatable bonds is 5. The monoisotopic (exact) mass is 385 g/mol. The number of hydrogen-bond acceptors (Lipinski definition) is 5. The van der Waals surface area contributed by atoms with Crippen LogP contribution in [0.2, 0.25) is 0 Å². The van der Waals surface area contributed by atoms with E-state index in [0.717, 1.165) is 16.4 Å². The molecule has 0 N–H and O–H groups in total. The topological polar surface area (TPSA) is 80.8 Å². The number of benzene rings is 2. The molecule has 0 aliphatic carbocycles. The van der Waals surface area contributed by atoms with Crippen LogP contribution >= 0.6 is 0 Å². The van der Waals surface area contributed by atoms with Crippen molar-refractivity contribution in [3.8, 4) is 5.75 Å². The normalized spacial score (nSPS) is 16.4. The Balaban J connectivity index is 1.81. The van der Waals surface area contributed by atoms with E-state index in [1.807, 2.05) is 0 Å². The van der Waals surface area contributed by atoms with Gasteiger partial charge in [-0.2, -0.15) is 4.31 Å². The molecule has 1 fully saturated rings. The van der Waals surface area contributed by atoms with E-state index in [2.05, 4.69) is 0 Å². The number of nitrogens with zero attached hydrogens (tertiary/aromatic N) is 1. The lowest BCUT2D eigenvalue weighted by atomic mass is 10.3. The summed E-state index contributed by atoms with van der Waals surface area (Å²) < 4.78 is 69.4. The molecule has 134 valence electrons. The molecule has 0 spiro atoms. The Hall–Kier alpha value is -1.97. The zero-order valence-electron chi connectivity index (χ0n) is 13.3. The van der Waals surface area contributed by atoms with Crippen LogP contribution in [-0.2, 0) is 19.9 Å². The highest BCUT2D eigenvalue weighted by Crippen LogP contribution is 2.32. The smallest absolute Gasteiger partial charge is 0.246 e. The van der Waals surface area contributed by atoms with Crippen LogP contribution in [-0.4, -0.2) is 46.6 Å². The first-order valence-electron chi connectivity index (χ1n) is 7.39. The average molecular weight is 385 g/mol. The van der Waals surface area contributed by atoms with E-state index in [4.69, 9.17) is 4.74 Å². The van der Waals surface area contributed by atoms with Crippen LogP contribution in [0.1, 0.15) is 0 Å². The number of ether oxygens (including phenoxy) is 1. The quantitative estimate of drug-likeness (QED) is 0.732. The number of hydrogen-bond donors (Lipinski definition) is 0. The van der Waals surface area contributed by atoms with Gasteiger partial charge in [0.2, 0.25) is 10.0 Å². The molecular weight excluding hydrogens is 369 g/mol. The summed E-state index contributed by atoms with van der Waals surface area (Å²) in [6, 6.07) is 10.7. The fourth-order valence-electron chi connectivity index (χ4n) is 2.58. The third kappa shape index (κ3) is 3.14. The van der Waals surface area contributed by atoms with Crippen LogP contribution in [0.15, 0.2) is 58.3 Å². The minimum atomic E-state index is -3.84. The van der Waals surface area contributed by atoms with Crippen molar-refractivity contribution in [2.24, 2.45) is 0 Å². The zero-order valence-corrected chi connectivity index (χ0v) is 14.9. The molecule has 1 aliphatic rings. The Morgan fingerprint density at radius 2 is 1.60 bits per heavy atom. The number of para-hydroxylation sites is 1. The van der Waals surface area contributed by atoms with Crippen molar-refractivity contribution in [3.05, 3.63) is 54.3 Å². The van der Waals surface area contributed by atoms with Gasteiger partial charge in [0.1, 0.15) is 16.5 Å². The predicted octanol–water partition coefficient (Wildman–Crippen LogP) is 1.68. The lowest BCUT2D eigenvalue weighted by Crippen LogP contribution is -2.56. The van der Waals surface area contributed by atoms with Crippen LogP contribution in [0, 0.1) is 5.82 Å². The number of sulfone groups is 1. The maximum absolute atomic E-state index is 13.0. The summed E-state index contributed by atoms with van der Waals surface area (Å²) in [4.78, 5) is -0.0247. The fraction of sp³-hybridized carbons (Fsp3) is 0.250. The second-order valence-electron chi connectivity index (χ2n) is 5.59. The molecule has 1 aliphatic heterocycles. The summed E-state index contributed by atoms with van der Waals surface area (Å²) in [7, 11) is -6.19. The van der Waals surface area contributed by atoms with Gasteiger partial charge in [0, 0.05) is 13.1 Å². The van der Waals surface area contributed by atoms with Gasteiger partial charge in [-0.3, -0.25) is 0 Å². The first-order chi connectivity index (χ1) is 11.8. The van der Waals surface area contributed by atoms with Gasteiger partial charge in [0.05, 0.1) is 17.3 Å². The van der Waals surface area contributed by atoms with Gasteiger partial charge in [-0.05, 0) is 36.4 Å². The third-order valence-corrected chi connectivity index (χ3v) is 8.06. The summed E-state index contributed by atoms with van der Waals surface area (Å²) in [5.41, 5.74) is 0. The number of halogens is 1. The maximum Gasteiger partial charge on any atom is 0.246 e. The van der Waals surface area contributed by atoms with E-state index in [9.17, 15) is 21.2 Å². The Kier molecular flexibility index (Phi) is 4.56. The van der Waals surface area contributed by atoms with Crippen LogP contribution in [0.4, 0.5) is 4.39 Å². The molecule has 0 radical (unpaired) electrons. The van der Waals surface area contributed by atoms with E-state index < -0.39 is 30.9 Å². The Morgan fingerprint density at radius 3 is 2.20 bits per heavy atom. The minimum Gasteiger partial charge on any atom is -0.495 e. The Morgan fingerprint density at radius 1 is 1.00 bits per heavy atom. The number of sulfonamides is 1. The molecule has 2 aromatic rings. The number of methoxy groups -OCH3 is 1. The molecule has 1 heterocycles. The largest absolute Gasteiger partial charge is 0.495 e. The molecule has 0 bridgehead atoms. The Bertz CT molecular complexity index is 981. The van der Waals surface area contributed by atoms with Crippen molar-refractivity contribution in [2.45, 2.75) is 15.0 Å². The highest BCUT2D eigenvalue weighted by atomic mass is 32.2.